The van der Waals surface area contributed by atoms with Gasteiger partial charge in [-0.05, 0) is 17.5 Å². The third-order valence-electron chi connectivity index (χ3n) is 2.54. The highest BCUT2D eigenvalue weighted by Crippen LogP contribution is 2.22. The Balaban J connectivity index is 2.75. The van der Waals surface area contributed by atoms with E-state index >= 15 is 0 Å². The van der Waals surface area contributed by atoms with E-state index in [1.54, 1.807) is 6.07 Å². The van der Waals surface area contributed by atoms with Crippen LogP contribution in [-0.4, -0.2) is 18.6 Å². The van der Waals surface area contributed by atoms with Gasteiger partial charge in [-0.3, -0.25) is 4.79 Å². The summed E-state index contributed by atoms with van der Waals surface area (Å²) < 4.78 is 28.4. The number of hydrogen-bond donors (Lipinski definition) is 2. The molecule has 1 atom stereocenters. The topological polar surface area (TPSA) is 64.4 Å². The molecular weight excluding hydrogens is 254 g/mol. The number of hydrogen-bond acceptors (Lipinski definition) is 3. The lowest BCUT2D eigenvalue weighted by atomic mass is 9.87. The summed E-state index contributed by atoms with van der Waals surface area (Å²) in [6.45, 7) is 2.62. The van der Waals surface area contributed by atoms with Gasteiger partial charge in [0.25, 0.3) is 0 Å². The van der Waals surface area contributed by atoms with Crippen LogP contribution in [0, 0.1) is 5.41 Å². The maximum absolute atomic E-state index is 12.1. The van der Waals surface area contributed by atoms with Crippen LogP contribution in [-0.2, 0) is 4.79 Å². The number of rotatable bonds is 4. The van der Waals surface area contributed by atoms with Crippen LogP contribution in [0.15, 0.2) is 24.3 Å². The predicted molar refractivity (Wildman–Crippen MR) is 69.1 cm³/mol. The van der Waals surface area contributed by atoms with Crippen LogP contribution >= 0.6 is 0 Å². The minimum absolute atomic E-state index is 0.0165. The van der Waals surface area contributed by atoms with Gasteiger partial charge in [0.1, 0.15) is 5.75 Å². The van der Waals surface area contributed by atoms with Crippen LogP contribution in [0.2, 0.25) is 0 Å². The molecule has 4 nitrogen and oxygen atoms in total. The second-order valence-corrected chi connectivity index (χ2v) is 5.24. The van der Waals surface area contributed by atoms with Crippen molar-refractivity contribution in [2.24, 2.45) is 11.1 Å². The van der Waals surface area contributed by atoms with E-state index in [1.165, 1.54) is 18.2 Å². The molecule has 0 aliphatic heterocycles. The summed E-state index contributed by atoms with van der Waals surface area (Å²) in [6.07, 6.45) is 0. The Kier molecular flexibility index (Phi) is 4.83. The molecule has 1 aromatic rings. The number of alkyl halides is 2. The molecule has 1 amide bonds. The van der Waals surface area contributed by atoms with Crippen LogP contribution in [0.4, 0.5) is 14.5 Å². The number of carbonyl (C=O) groups is 1. The van der Waals surface area contributed by atoms with Gasteiger partial charge < -0.3 is 15.8 Å². The molecule has 0 aliphatic rings. The van der Waals surface area contributed by atoms with Crippen LogP contribution in [0.25, 0.3) is 0 Å². The molecule has 1 unspecified atom stereocenters. The fraction of sp³-hybridized carbons (Fsp3) is 0.462. The minimum Gasteiger partial charge on any atom is -0.435 e. The summed E-state index contributed by atoms with van der Waals surface area (Å²) in [6, 6.07) is 5.08. The van der Waals surface area contributed by atoms with Crippen molar-refractivity contribution in [3.8, 4) is 5.75 Å². The second-order valence-electron chi connectivity index (χ2n) is 5.24. The number of ether oxygens (including phenoxy) is 1. The van der Waals surface area contributed by atoms with Gasteiger partial charge in [-0.1, -0.05) is 26.8 Å². The molecule has 19 heavy (non-hydrogen) atoms. The Morgan fingerprint density at radius 3 is 2.53 bits per heavy atom. The number of anilines is 1. The first-order valence-electron chi connectivity index (χ1n) is 5.81. The molecule has 0 heterocycles. The first-order chi connectivity index (χ1) is 8.70. The van der Waals surface area contributed by atoms with Crippen molar-refractivity contribution in [2.75, 3.05) is 5.32 Å². The molecule has 0 bridgehead atoms. The van der Waals surface area contributed by atoms with Crippen molar-refractivity contribution in [3.63, 3.8) is 0 Å². The molecule has 3 N–H and O–H groups in total. The highest BCUT2D eigenvalue weighted by Gasteiger charge is 2.27. The van der Waals surface area contributed by atoms with E-state index in [4.69, 9.17) is 5.73 Å². The molecule has 1 rings (SSSR count). The zero-order valence-electron chi connectivity index (χ0n) is 11.1. The van der Waals surface area contributed by atoms with Crippen LogP contribution in [0.5, 0.6) is 5.75 Å². The van der Waals surface area contributed by atoms with E-state index < -0.39 is 12.7 Å². The number of carbonyl (C=O) groups excluding carboxylic acids is 1. The number of nitrogens with one attached hydrogen (secondary N) is 1. The molecule has 0 saturated heterocycles. The number of halogens is 2. The van der Waals surface area contributed by atoms with E-state index in [2.05, 4.69) is 10.1 Å². The lowest BCUT2D eigenvalue weighted by Gasteiger charge is -2.25. The van der Waals surface area contributed by atoms with Gasteiger partial charge in [0.15, 0.2) is 0 Å². The molecule has 0 aliphatic carbocycles. The Hall–Kier alpha value is -1.69. The molecular formula is C13H18F2N2O2. The summed E-state index contributed by atoms with van der Waals surface area (Å²) in [5, 5.41) is 2.57. The quantitative estimate of drug-likeness (QED) is 0.885. The summed E-state index contributed by atoms with van der Waals surface area (Å²) in [5.41, 5.74) is 5.77. The van der Waals surface area contributed by atoms with Gasteiger partial charge in [0, 0.05) is 11.8 Å². The highest BCUT2D eigenvalue weighted by atomic mass is 19.3. The summed E-state index contributed by atoms with van der Waals surface area (Å²) in [7, 11) is 0. The summed E-state index contributed by atoms with van der Waals surface area (Å²) in [4.78, 5) is 11.9. The third-order valence-corrected chi connectivity index (χ3v) is 2.54. The van der Waals surface area contributed by atoms with Gasteiger partial charge in [-0.25, -0.2) is 0 Å². The van der Waals surface area contributed by atoms with E-state index in [0.717, 1.165) is 0 Å². The Labute approximate surface area is 110 Å². The molecule has 0 aromatic heterocycles. The Bertz CT molecular complexity index is 445. The van der Waals surface area contributed by atoms with E-state index in [-0.39, 0.29) is 17.1 Å². The molecule has 1 aromatic carbocycles. The van der Waals surface area contributed by atoms with Crippen molar-refractivity contribution >= 4 is 11.6 Å². The van der Waals surface area contributed by atoms with Crippen LogP contribution < -0.4 is 15.8 Å². The van der Waals surface area contributed by atoms with Gasteiger partial charge in [-0.2, -0.15) is 8.78 Å². The zero-order chi connectivity index (χ0) is 14.6. The fourth-order valence-corrected chi connectivity index (χ4v) is 1.36. The zero-order valence-corrected chi connectivity index (χ0v) is 11.1. The fourth-order valence-electron chi connectivity index (χ4n) is 1.36. The van der Waals surface area contributed by atoms with Gasteiger partial charge in [-0.15, -0.1) is 0 Å². The number of nitrogens with two attached hydrogens (primary N) is 1. The van der Waals surface area contributed by atoms with E-state index in [9.17, 15) is 13.6 Å². The molecule has 106 valence electrons. The standard InChI is InChI=1S/C13H18F2N2O2/c1-13(2,3)10(16)11(18)17-8-5-4-6-9(7-8)19-12(14)15/h4-7,10,12H,16H2,1-3H3,(H,17,18). The lowest BCUT2D eigenvalue weighted by molar-refractivity contribution is -0.119. The maximum atomic E-state index is 12.1. The average molecular weight is 272 g/mol. The second kappa shape index (κ2) is 5.97. The highest BCUT2D eigenvalue weighted by molar-refractivity contribution is 5.95. The molecule has 0 fully saturated rings. The SMILES string of the molecule is CC(C)(C)C(N)C(=O)Nc1cccc(OC(F)F)c1. The monoisotopic (exact) mass is 272 g/mol. The predicted octanol–water partition coefficient (Wildman–Crippen LogP) is 2.60. The largest absolute Gasteiger partial charge is 0.435 e. The third kappa shape index (κ3) is 4.82. The average Bonchev–Trinajstić information content (AvgIpc) is 2.26. The van der Waals surface area contributed by atoms with Crippen molar-refractivity contribution in [1.82, 2.24) is 0 Å². The first kappa shape index (κ1) is 15.4. The summed E-state index contributed by atoms with van der Waals surface area (Å²) in [5.74, 6) is -0.390. The van der Waals surface area contributed by atoms with Crippen LogP contribution in [0.1, 0.15) is 20.8 Å². The van der Waals surface area contributed by atoms with Crippen LogP contribution in [0.3, 0.4) is 0 Å². The summed E-state index contributed by atoms with van der Waals surface area (Å²) >= 11 is 0. The molecule has 0 saturated carbocycles. The van der Waals surface area contributed by atoms with Gasteiger partial charge in [0.05, 0.1) is 6.04 Å². The van der Waals surface area contributed by atoms with E-state index in [0.29, 0.717) is 5.69 Å². The molecule has 6 heteroatoms. The van der Waals surface area contributed by atoms with Crippen molar-refractivity contribution in [1.29, 1.82) is 0 Å². The van der Waals surface area contributed by atoms with Crippen molar-refractivity contribution in [2.45, 2.75) is 33.4 Å². The van der Waals surface area contributed by atoms with Crippen molar-refractivity contribution < 1.29 is 18.3 Å². The number of amides is 1. The Morgan fingerprint density at radius 2 is 2.00 bits per heavy atom. The maximum Gasteiger partial charge on any atom is 0.387 e. The minimum atomic E-state index is -2.90. The Morgan fingerprint density at radius 1 is 1.37 bits per heavy atom. The molecule has 0 spiro atoms. The molecule has 0 radical (unpaired) electrons. The van der Waals surface area contributed by atoms with Gasteiger partial charge >= 0.3 is 6.61 Å². The first-order valence-corrected chi connectivity index (χ1v) is 5.81. The van der Waals surface area contributed by atoms with Crippen molar-refractivity contribution in [3.05, 3.63) is 24.3 Å². The smallest absolute Gasteiger partial charge is 0.387 e. The number of benzene rings is 1. The normalized spacial score (nSPS) is 13.2. The lowest BCUT2D eigenvalue weighted by Crippen LogP contribution is -2.45. The van der Waals surface area contributed by atoms with Gasteiger partial charge in [0.2, 0.25) is 5.91 Å². The van der Waals surface area contributed by atoms with E-state index in [1.807, 2.05) is 20.8 Å².